The molecule has 8 nitrogen and oxygen atoms in total. The molecular formula is C40H40N2O6-2. The van der Waals surface area contributed by atoms with E-state index in [4.69, 9.17) is 0 Å². The standard InChI is InChI=1S/C40H40N2O6/c1-5-41(6-2)37-21-13-9-17-25(43)29(21)33(30-22(37)14-10-18-26(30)44)35-39(47)36(40(35)48)34-31-23(15-11-19-27(31)45)38(42(7-3)8-4)24-16-12-20-28(46)32(24)34/h9-20,35-36,39-40,43-46H,5-8H2,1-4H3/q-2. The van der Waals surface area contributed by atoms with Gasteiger partial charge in [-0.1, -0.05) is 48.5 Å². The topological polar surface area (TPSA) is 134 Å². The van der Waals surface area contributed by atoms with Crippen LogP contribution in [0.15, 0.2) is 72.8 Å². The van der Waals surface area contributed by atoms with Gasteiger partial charge in [0.1, 0.15) is 23.0 Å². The van der Waals surface area contributed by atoms with Crippen LogP contribution in [0, 0.1) is 0 Å². The molecule has 1 saturated carbocycles. The minimum atomic E-state index is -1.51. The van der Waals surface area contributed by atoms with Gasteiger partial charge in [-0.25, -0.2) is 0 Å². The summed E-state index contributed by atoms with van der Waals surface area (Å²) in [7, 11) is 0. The van der Waals surface area contributed by atoms with Gasteiger partial charge in [0.2, 0.25) is 0 Å². The predicted molar refractivity (Wildman–Crippen MR) is 190 cm³/mol. The molecule has 1 aliphatic carbocycles. The molecule has 1 aliphatic rings. The SMILES string of the molecule is CCN(CC)c1c2cccc(O)c2c(C2C([O-])C(c3c4c(O)cccc4c(N(CC)CC)c4cccc(O)c34)C2[O-])c2c(O)cccc12. The molecule has 6 aromatic rings. The first-order valence-electron chi connectivity index (χ1n) is 16.8. The lowest BCUT2D eigenvalue weighted by Crippen LogP contribution is -2.63. The van der Waals surface area contributed by atoms with E-state index in [1.54, 1.807) is 48.5 Å². The van der Waals surface area contributed by atoms with Gasteiger partial charge in [0.25, 0.3) is 0 Å². The molecule has 1 fully saturated rings. The smallest absolute Gasteiger partial charge is 0.123 e. The maximum atomic E-state index is 14.8. The summed E-state index contributed by atoms with van der Waals surface area (Å²) in [5, 5.41) is 79.5. The predicted octanol–water partition coefficient (Wildman–Crippen LogP) is 6.15. The van der Waals surface area contributed by atoms with Crippen molar-refractivity contribution < 1.29 is 30.6 Å². The summed E-state index contributed by atoms with van der Waals surface area (Å²) in [5.41, 5.74) is 2.32. The highest BCUT2D eigenvalue weighted by atomic mass is 16.3. The van der Waals surface area contributed by atoms with Crippen molar-refractivity contribution in [3.05, 3.63) is 83.9 Å². The molecule has 0 aliphatic heterocycles. The van der Waals surface area contributed by atoms with Crippen molar-refractivity contribution in [1.82, 2.24) is 0 Å². The lowest BCUT2D eigenvalue weighted by Gasteiger charge is -2.62. The zero-order valence-corrected chi connectivity index (χ0v) is 27.6. The Bertz CT molecular complexity index is 1920. The van der Waals surface area contributed by atoms with Gasteiger partial charge in [0.05, 0.1) is 11.4 Å². The van der Waals surface area contributed by atoms with E-state index >= 15 is 0 Å². The number of hydrogen-bond acceptors (Lipinski definition) is 8. The van der Waals surface area contributed by atoms with Gasteiger partial charge in [-0.3, -0.25) is 0 Å². The van der Waals surface area contributed by atoms with Gasteiger partial charge in [-0.2, -0.15) is 0 Å². The highest BCUT2D eigenvalue weighted by Gasteiger charge is 2.43. The van der Waals surface area contributed by atoms with Gasteiger partial charge in [0, 0.05) is 69.3 Å². The van der Waals surface area contributed by atoms with Crippen molar-refractivity contribution in [3.8, 4) is 23.0 Å². The fraction of sp³-hybridized carbons (Fsp3) is 0.300. The zero-order valence-electron chi connectivity index (χ0n) is 27.6. The Morgan fingerprint density at radius 3 is 0.938 bits per heavy atom. The highest BCUT2D eigenvalue weighted by molar-refractivity contribution is 6.19. The Kier molecular flexibility index (Phi) is 7.89. The summed E-state index contributed by atoms with van der Waals surface area (Å²) in [5.74, 6) is -2.54. The van der Waals surface area contributed by atoms with Gasteiger partial charge < -0.3 is 40.4 Å². The fourth-order valence-electron chi connectivity index (χ4n) is 8.38. The number of hydrogen-bond donors (Lipinski definition) is 4. The number of benzene rings is 6. The van der Waals surface area contributed by atoms with Crippen LogP contribution in [0.2, 0.25) is 0 Å². The van der Waals surface area contributed by atoms with Gasteiger partial charge in [-0.05, 0) is 74.9 Å². The van der Waals surface area contributed by atoms with E-state index in [-0.39, 0.29) is 23.0 Å². The van der Waals surface area contributed by atoms with Gasteiger partial charge in [-0.15, -0.1) is 12.2 Å². The summed E-state index contributed by atoms with van der Waals surface area (Å²) < 4.78 is 0. The van der Waals surface area contributed by atoms with Crippen LogP contribution in [0.4, 0.5) is 11.4 Å². The van der Waals surface area contributed by atoms with Crippen molar-refractivity contribution in [2.75, 3.05) is 36.0 Å². The number of fused-ring (bicyclic) bond motifs is 4. The van der Waals surface area contributed by atoms with Crippen molar-refractivity contribution in [2.24, 2.45) is 0 Å². The first kappa shape index (κ1) is 31.7. The molecule has 248 valence electrons. The van der Waals surface area contributed by atoms with E-state index in [0.29, 0.717) is 80.4 Å². The van der Waals surface area contributed by atoms with E-state index in [0.717, 1.165) is 11.4 Å². The Labute approximate surface area is 279 Å². The van der Waals surface area contributed by atoms with Crippen LogP contribution in [-0.4, -0.2) is 58.8 Å². The normalized spacial score (nSPS) is 19.3. The van der Waals surface area contributed by atoms with Crippen molar-refractivity contribution in [3.63, 3.8) is 0 Å². The third-order valence-corrected chi connectivity index (χ3v) is 10.5. The number of phenolic OH excluding ortho intramolecular Hbond substituents is 4. The van der Waals surface area contributed by atoms with Crippen LogP contribution in [0.3, 0.4) is 0 Å². The summed E-state index contributed by atoms with van der Waals surface area (Å²) in [4.78, 5) is 4.28. The third-order valence-electron chi connectivity index (χ3n) is 10.5. The minimum Gasteiger partial charge on any atom is -0.851 e. The molecule has 6 aromatic carbocycles. The molecular weight excluding hydrogens is 604 g/mol. The molecule has 0 bridgehead atoms. The lowest BCUT2D eigenvalue weighted by atomic mass is 9.60. The number of aromatic hydroxyl groups is 4. The summed E-state index contributed by atoms with van der Waals surface area (Å²) in [6.07, 6.45) is -3.02. The van der Waals surface area contributed by atoms with Crippen LogP contribution >= 0.6 is 0 Å². The maximum absolute atomic E-state index is 14.8. The Morgan fingerprint density at radius 2 is 0.708 bits per heavy atom. The number of rotatable bonds is 8. The fourth-order valence-corrected chi connectivity index (χ4v) is 8.38. The van der Waals surface area contributed by atoms with Gasteiger partial charge in [0.15, 0.2) is 0 Å². The van der Waals surface area contributed by atoms with Crippen LogP contribution in [0.5, 0.6) is 23.0 Å². The Morgan fingerprint density at radius 1 is 0.458 bits per heavy atom. The summed E-state index contributed by atoms with van der Waals surface area (Å²) >= 11 is 0. The summed E-state index contributed by atoms with van der Waals surface area (Å²) in [6, 6.07) is 20.7. The van der Waals surface area contributed by atoms with E-state index in [9.17, 15) is 30.6 Å². The molecule has 0 unspecified atom stereocenters. The molecule has 0 heterocycles. The monoisotopic (exact) mass is 644 g/mol. The van der Waals surface area contributed by atoms with Crippen LogP contribution in [0.25, 0.3) is 43.1 Å². The average molecular weight is 645 g/mol. The number of anilines is 2. The maximum Gasteiger partial charge on any atom is 0.123 e. The molecule has 0 aromatic heterocycles. The van der Waals surface area contributed by atoms with Crippen molar-refractivity contribution in [1.29, 1.82) is 0 Å². The minimum absolute atomic E-state index is 0.0707. The molecule has 4 N–H and O–H groups in total. The first-order valence-corrected chi connectivity index (χ1v) is 16.8. The van der Waals surface area contributed by atoms with E-state index < -0.39 is 24.0 Å². The second-order valence-corrected chi connectivity index (χ2v) is 12.6. The molecule has 48 heavy (non-hydrogen) atoms. The summed E-state index contributed by atoms with van der Waals surface area (Å²) in [6.45, 7) is 10.8. The van der Waals surface area contributed by atoms with Crippen LogP contribution in [-0.2, 0) is 0 Å². The molecule has 0 radical (unpaired) electrons. The third kappa shape index (κ3) is 4.36. The van der Waals surface area contributed by atoms with E-state index in [2.05, 4.69) is 9.80 Å². The number of nitrogens with zero attached hydrogens (tertiary/aromatic N) is 2. The quantitative estimate of drug-likeness (QED) is 0.145. The average Bonchev–Trinajstić information content (AvgIpc) is 3.07. The molecule has 0 amide bonds. The molecule has 0 spiro atoms. The van der Waals surface area contributed by atoms with Gasteiger partial charge >= 0.3 is 0 Å². The lowest BCUT2D eigenvalue weighted by molar-refractivity contribution is -0.535. The molecule has 0 atom stereocenters. The second kappa shape index (κ2) is 12.0. The first-order chi connectivity index (χ1) is 23.2. The van der Waals surface area contributed by atoms with Crippen molar-refractivity contribution in [2.45, 2.75) is 51.7 Å². The Hall–Kier alpha value is -4.92. The zero-order chi connectivity index (χ0) is 34.0. The largest absolute Gasteiger partial charge is 0.851 e. The van der Waals surface area contributed by atoms with Crippen LogP contribution < -0.4 is 20.0 Å². The Balaban J connectivity index is 1.53. The molecule has 7 rings (SSSR count). The number of phenols is 4. The van der Waals surface area contributed by atoms with E-state index in [1.165, 1.54) is 0 Å². The van der Waals surface area contributed by atoms with Crippen molar-refractivity contribution >= 4 is 54.5 Å². The second-order valence-electron chi connectivity index (χ2n) is 12.6. The molecule has 8 heteroatoms. The highest BCUT2D eigenvalue weighted by Crippen LogP contribution is 2.58. The molecule has 0 saturated heterocycles. The van der Waals surface area contributed by atoms with Crippen LogP contribution in [0.1, 0.15) is 50.7 Å². The van der Waals surface area contributed by atoms with E-state index in [1.807, 2.05) is 52.0 Å².